The maximum Gasteiger partial charge on any atom is 0.225 e. The number of rotatable bonds is 6. The number of carbonyl (C=O) groups excluding carboxylic acids is 1. The first-order valence-electron chi connectivity index (χ1n) is 5.57. The van der Waals surface area contributed by atoms with E-state index in [-0.39, 0.29) is 18.4 Å². The third kappa shape index (κ3) is 3.34. The van der Waals surface area contributed by atoms with Crippen molar-refractivity contribution in [3.63, 3.8) is 0 Å². The lowest BCUT2D eigenvalue weighted by Crippen LogP contribution is -2.36. The minimum atomic E-state index is -0.0249. The maximum atomic E-state index is 12.0. The van der Waals surface area contributed by atoms with Crippen LogP contribution >= 0.6 is 0 Å². The summed E-state index contributed by atoms with van der Waals surface area (Å²) in [5, 5.41) is 8.94. The van der Waals surface area contributed by atoms with E-state index >= 15 is 0 Å². The molecule has 2 N–H and O–H groups in total. The van der Waals surface area contributed by atoms with Crippen LogP contribution in [0.2, 0.25) is 0 Å². The van der Waals surface area contributed by atoms with Gasteiger partial charge in [-0.1, -0.05) is 13.8 Å². The van der Waals surface area contributed by atoms with Crippen molar-refractivity contribution in [2.45, 2.75) is 26.8 Å². The predicted molar refractivity (Wildman–Crippen MR) is 60.5 cm³/mol. The van der Waals surface area contributed by atoms with Crippen LogP contribution in [0.5, 0.6) is 0 Å². The fraction of sp³-hybridized carbons (Fsp3) is 0.636. The molecule has 1 rings (SSSR count). The second-order valence-electron chi connectivity index (χ2n) is 3.83. The maximum absolute atomic E-state index is 12.0. The normalized spacial score (nSPS) is 12.4. The third-order valence-electron chi connectivity index (χ3n) is 2.61. The van der Waals surface area contributed by atoms with Gasteiger partial charge in [0.1, 0.15) is 5.82 Å². The molecule has 0 aromatic carbocycles. The number of hydrogen-bond acceptors (Lipinski definition) is 3. The minimum Gasteiger partial charge on any atom is -0.395 e. The fourth-order valence-corrected chi connectivity index (χ4v) is 1.44. The SMILES string of the molecule is CCC(C)C(=O)N(CCO)Cc1ncc[nH]1. The van der Waals surface area contributed by atoms with Gasteiger partial charge in [0.15, 0.2) is 0 Å². The topological polar surface area (TPSA) is 69.2 Å². The van der Waals surface area contributed by atoms with Crippen molar-refractivity contribution < 1.29 is 9.90 Å². The Balaban J connectivity index is 2.63. The van der Waals surface area contributed by atoms with Crippen LogP contribution in [0.4, 0.5) is 0 Å². The molecule has 1 aromatic heterocycles. The van der Waals surface area contributed by atoms with Crippen LogP contribution in [-0.4, -0.2) is 39.0 Å². The molecular weight excluding hydrogens is 206 g/mol. The molecule has 0 spiro atoms. The van der Waals surface area contributed by atoms with Gasteiger partial charge >= 0.3 is 0 Å². The van der Waals surface area contributed by atoms with E-state index in [1.54, 1.807) is 17.3 Å². The molecule has 0 aliphatic carbocycles. The van der Waals surface area contributed by atoms with E-state index in [0.717, 1.165) is 12.2 Å². The van der Waals surface area contributed by atoms with Gasteiger partial charge in [0.05, 0.1) is 13.2 Å². The van der Waals surface area contributed by atoms with E-state index in [1.807, 2.05) is 13.8 Å². The first kappa shape index (κ1) is 12.7. The Hall–Kier alpha value is -1.36. The lowest BCUT2D eigenvalue weighted by atomic mass is 10.1. The molecule has 1 amide bonds. The second-order valence-corrected chi connectivity index (χ2v) is 3.83. The molecule has 1 heterocycles. The number of aromatic amines is 1. The van der Waals surface area contributed by atoms with Gasteiger partial charge in [-0.2, -0.15) is 0 Å². The summed E-state index contributed by atoms with van der Waals surface area (Å²) < 4.78 is 0. The first-order chi connectivity index (χ1) is 7.69. The molecule has 0 saturated carbocycles. The number of hydrogen-bond donors (Lipinski definition) is 2. The van der Waals surface area contributed by atoms with E-state index in [4.69, 9.17) is 5.11 Å². The van der Waals surface area contributed by atoms with Crippen LogP contribution in [0.25, 0.3) is 0 Å². The van der Waals surface area contributed by atoms with Crippen molar-refractivity contribution in [1.82, 2.24) is 14.9 Å². The third-order valence-corrected chi connectivity index (χ3v) is 2.61. The molecule has 16 heavy (non-hydrogen) atoms. The highest BCUT2D eigenvalue weighted by Crippen LogP contribution is 2.08. The average molecular weight is 225 g/mol. The highest BCUT2D eigenvalue weighted by molar-refractivity contribution is 5.78. The Morgan fingerprint density at radius 3 is 2.94 bits per heavy atom. The number of amides is 1. The average Bonchev–Trinajstić information content (AvgIpc) is 2.79. The molecule has 0 aliphatic heterocycles. The summed E-state index contributed by atoms with van der Waals surface area (Å²) in [5.41, 5.74) is 0. The van der Waals surface area contributed by atoms with Gasteiger partial charge in [0.2, 0.25) is 5.91 Å². The van der Waals surface area contributed by atoms with Gasteiger partial charge < -0.3 is 15.0 Å². The highest BCUT2D eigenvalue weighted by atomic mass is 16.3. The van der Waals surface area contributed by atoms with Crippen molar-refractivity contribution in [3.05, 3.63) is 18.2 Å². The first-order valence-corrected chi connectivity index (χ1v) is 5.57. The number of H-pyrrole nitrogens is 1. The number of aromatic nitrogens is 2. The highest BCUT2D eigenvalue weighted by Gasteiger charge is 2.19. The molecule has 1 unspecified atom stereocenters. The van der Waals surface area contributed by atoms with Crippen molar-refractivity contribution >= 4 is 5.91 Å². The molecule has 5 nitrogen and oxygen atoms in total. The van der Waals surface area contributed by atoms with Crippen molar-refractivity contribution in [2.24, 2.45) is 5.92 Å². The Bertz CT molecular complexity index is 311. The van der Waals surface area contributed by atoms with Crippen LogP contribution in [0.3, 0.4) is 0 Å². The zero-order valence-corrected chi connectivity index (χ0v) is 9.81. The molecular formula is C11H19N3O2. The summed E-state index contributed by atoms with van der Waals surface area (Å²) in [5.74, 6) is 0.791. The Labute approximate surface area is 95.5 Å². The largest absolute Gasteiger partial charge is 0.395 e. The Morgan fingerprint density at radius 2 is 2.44 bits per heavy atom. The van der Waals surface area contributed by atoms with Crippen molar-refractivity contribution in [2.75, 3.05) is 13.2 Å². The van der Waals surface area contributed by atoms with E-state index in [9.17, 15) is 4.79 Å². The van der Waals surface area contributed by atoms with Crippen molar-refractivity contribution in [3.8, 4) is 0 Å². The lowest BCUT2D eigenvalue weighted by Gasteiger charge is -2.23. The number of imidazole rings is 1. The molecule has 0 radical (unpaired) electrons. The molecule has 0 bridgehead atoms. The van der Waals surface area contributed by atoms with E-state index in [1.165, 1.54) is 0 Å². The number of aliphatic hydroxyl groups excluding tert-OH is 1. The lowest BCUT2D eigenvalue weighted by molar-refractivity contribution is -0.136. The van der Waals surface area contributed by atoms with Gasteiger partial charge in [-0.3, -0.25) is 4.79 Å². The van der Waals surface area contributed by atoms with Crippen LogP contribution < -0.4 is 0 Å². The second kappa shape index (κ2) is 6.27. The molecule has 1 atom stereocenters. The molecule has 0 fully saturated rings. The number of aliphatic hydroxyl groups is 1. The van der Waals surface area contributed by atoms with Gasteiger partial charge in [0, 0.05) is 24.9 Å². The zero-order chi connectivity index (χ0) is 12.0. The Kier molecular flexibility index (Phi) is 4.98. The summed E-state index contributed by atoms with van der Waals surface area (Å²) in [6, 6.07) is 0. The van der Waals surface area contributed by atoms with E-state index in [2.05, 4.69) is 9.97 Å². The molecule has 5 heteroatoms. The van der Waals surface area contributed by atoms with Gasteiger partial charge in [0.25, 0.3) is 0 Å². The van der Waals surface area contributed by atoms with E-state index in [0.29, 0.717) is 13.1 Å². The van der Waals surface area contributed by atoms with Gasteiger partial charge in [-0.05, 0) is 6.42 Å². The van der Waals surface area contributed by atoms with Crippen LogP contribution in [0.15, 0.2) is 12.4 Å². The number of carbonyl (C=O) groups is 1. The van der Waals surface area contributed by atoms with Crippen LogP contribution in [-0.2, 0) is 11.3 Å². The molecule has 1 aromatic rings. The molecule has 90 valence electrons. The van der Waals surface area contributed by atoms with E-state index < -0.39 is 0 Å². The minimum absolute atomic E-state index is 0.0125. The Morgan fingerprint density at radius 1 is 1.69 bits per heavy atom. The number of nitrogens with one attached hydrogen (secondary N) is 1. The summed E-state index contributed by atoms with van der Waals surface area (Å²) in [4.78, 5) is 20.6. The summed E-state index contributed by atoms with van der Waals surface area (Å²) in [7, 11) is 0. The molecule has 0 saturated heterocycles. The zero-order valence-electron chi connectivity index (χ0n) is 9.81. The van der Waals surface area contributed by atoms with Crippen LogP contribution in [0, 0.1) is 5.92 Å². The smallest absolute Gasteiger partial charge is 0.225 e. The van der Waals surface area contributed by atoms with Gasteiger partial charge in [-0.25, -0.2) is 4.98 Å². The predicted octanol–water partition coefficient (Wildman–Crippen LogP) is 0.777. The standard InChI is InChI=1S/C11H19N3O2/c1-3-9(2)11(16)14(6-7-15)8-10-12-4-5-13-10/h4-5,9,15H,3,6-8H2,1-2H3,(H,12,13). The quantitative estimate of drug-likeness (QED) is 0.751. The summed E-state index contributed by atoms with van der Waals surface area (Å²) in [6.45, 7) is 4.63. The fourth-order valence-electron chi connectivity index (χ4n) is 1.44. The van der Waals surface area contributed by atoms with Gasteiger partial charge in [-0.15, -0.1) is 0 Å². The van der Waals surface area contributed by atoms with Crippen LogP contribution in [0.1, 0.15) is 26.1 Å². The van der Waals surface area contributed by atoms with Crippen molar-refractivity contribution in [1.29, 1.82) is 0 Å². The monoisotopic (exact) mass is 225 g/mol. The summed E-state index contributed by atoms with van der Waals surface area (Å²) in [6.07, 6.45) is 4.18. The molecule has 0 aliphatic rings. The summed E-state index contributed by atoms with van der Waals surface area (Å²) >= 11 is 0. The number of nitrogens with zero attached hydrogens (tertiary/aromatic N) is 2.